The first-order valence-electron chi connectivity index (χ1n) is 12.0. The molecular formula is C24H29ClN6O2S. The van der Waals surface area contributed by atoms with Gasteiger partial charge in [-0.1, -0.05) is 18.5 Å². The summed E-state index contributed by atoms with van der Waals surface area (Å²) in [5.74, 6) is 2.67. The van der Waals surface area contributed by atoms with Gasteiger partial charge in [0.1, 0.15) is 10.7 Å². The lowest BCUT2D eigenvalue weighted by molar-refractivity contribution is -0.132. The molecule has 3 saturated heterocycles. The fraction of sp³-hybridized carbons (Fsp3) is 0.542. The maximum absolute atomic E-state index is 12.8. The average molecular weight is 501 g/mol. The zero-order chi connectivity index (χ0) is 23.6. The number of piperazine rings is 1. The first kappa shape index (κ1) is 22.1. The number of nitrogens with zero attached hydrogens (tertiary/aromatic N) is 5. The van der Waals surface area contributed by atoms with Crippen LogP contribution in [0.25, 0.3) is 0 Å². The maximum Gasteiger partial charge on any atom is 0.228 e. The quantitative estimate of drug-likeness (QED) is 0.690. The number of likely N-dealkylation sites (tertiary alicyclic amines) is 1. The molecule has 5 heterocycles. The third kappa shape index (κ3) is 3.64. The van der Waals surface area contributed by atoms with E-state index in [1.54, 1.807) is 4.90 Å². The second kappa shape index (κ2) is 8.37. The lowest BCUT2D eigenvalue weighted by Gasteiger charge is -2.36. The lowest BCUT2D eigenvalue weighted by atomic mass is 10.0. The molecule has 0 radical (unpaired) electrons. The molecule has 1 N–H and O–H groups in total. The van der Waals surface area contributed by atoms with Crippen LogP contribution in [0.15, 0.2) is 29.2 Å². The summed E-state index contributed by atoms with van der Waals surface area (Å²) in [6.07, 6.45) is 1.99. The summed E-state index contributed by atoms with van der Waals surface area (Å²) in [5.41, 5.74) is 2.10. The van der Waals surface area contributed by atoms with E-state index in [4.69, 9.17) is 21.6 Å². The Morgan fingerprint density at radius 2 is 1.79 bits per heavy atom. The fourth-order valence-electron chi connectivity index (χ4n) is 5.92. The van der Waals surface area contributed by atoms with E-state index < -0.39 is 10.8 Å². The van der Waals surface area contributed by atoms with Crippen molar-refractivity contribution in [3.63, 3.8) is 0 Å². The van der Waals surface area contributed by atoms with Crippen molar-refractivity contribution in [1.82, 2.24) is 14.9 Å². The van der Waals surface area contributed by atoms with Gasteiger partial charge in [0.25, 0.3) is 0 Å². The number of piperidine rings is 1. The van der Waals surface area contributed by atoms with Crippen molar-refractivity contribution in [1.29, 1.82) is 0 Å². The number of amides is 1. The molecule has 2 aromatic rings. The van der Waals surface area contributed by atoms with E-state index in [1.807, 2.05) is 19.2 Å². The van der Waals surface area contributed by atoms with E-state index in [2.05, 4.69) is 34.2 Å². The number of aryl methyl sites for hydroxylation is 1. The summed E-state index contributed by atoms with van der Waals surface area (Å²) in [6.45, 7) is 4.71. The smallest absolute Gasteiger partial charge is 0.228 e. The second-order valence-corrected chi connectivity index (χ2v) is 11.8. The molecule has 34 heavy (non-hydrogen) atoms. The number of aromatic nitrogens is 2. The summed E-state index contributed by atoms with van der Waals surface area (Å²) in [7, 11) is 0.746. The molecule has 4 aliphatic rings. The van der Waals surface area contributed by atoms with E-state index in [1.165, 1.54) is 5.69 Å². The highest BCUT2D eigenvalue weighted by molar-refractivity contribution is 7.85. The number of rotatable bonds is 4. The molecule has 1 amide bonds. The number of halogens is 1. The molecule has 180 valence electrons. The SMILES string of the molecule is C[C@H]1C2CN(c3nc4c(c(N[C@H]5CCC(=O)N(C)C5)n3)S(=O)CC4)C1CN2c1ccc(Cl)cc1. The van der Waals surface area contributed by atoms with Crippen LogP contribution < -0.4 is 15.1 Å². The minimum Gasteiger partial charge on any atom is -0.364 e. The van der Waals surface area contributed by atoms with E-state index in [9.17, 15) is 9.00 Å². The second-order valence-electron chi connectivity index (χ2n) is 9.88. The average Bonchev–Trinajstić information content (AvgIpc) is 3.46. The fourth-order valence-corrected chi connectivity index (χ4v) is 7.36. The van der Waals surface area contributed by atoms with Gasteiger partial charge >= 0.3 is 0 Å². The topological polar surface area (TPSA) is 81.7 Å². The summed E-state index contributed by atoms with van der Waals surface area (Å²) in [6, 6.07) is 8.88. The first-order chi connectivity index (χ1) is 16.4. The van der Waals surface area contributed by atoms with Gasteiger partial charge in [-0.05, 0) is 30.7 Å². The molecule has 0 saturated carbocycles. The number of nitrogens with one attached hydrogen (secondary N) is 1. The molecule has 1 aromatic carbocycles. The van der Waals surface area contributed by atoms with E-state index >= 15 is 0 Å². The van der Waals surface area contributed by atoms with Crippen LogP contribution in [0.1, 0.15) is 25.5 Å². The molecule has 4 aliphatic heterocycles. The zero-order valence-electron chi connectivity index (χ0n) is 19.4. The summed E-state index contributed by atoms with van der Waals surface area (Å²) >= 11 is 6.10. The summed E-state index contributed by atoms with van der Waals surface area (Å²) < 4.78 is 12.8. The largest absolute Gasteiger partial charge is 0.364 e. The molecule has 3 fully saturated rings. The summed E-state index contributed by atoms with van der Waals surface area (Å²) in [4.78, 5) is 29.1. The maximum atomic E-state index is 12.8. The van der Waals surface area contributed by atoms with Crippen molar-refractivity contribution in [3.8, 4) is 0 Å². The minimum absolute atomic E-state index is 0.0986. The van der Waals surface area contributed by atoms with Gasteiger partial charge < -0.3 is 20.0 Å². The van der Waals surface area contributed by atoms with Gasteiger partial charge in [0.2, 0.25) is 11.9 Å². The van der Waals surface area contributed by atoms with Crippen LogP contribution in [-0.2, 0) is 22.0 Å². The number of likely N-dealkylation sites (N-methyl/N-ethyl adjacent to an activating group) is 1. The molecule has 8 nitrogen and oxygen atoms in total. The van der Waals surface area contributed by atoms with Crippen LogP contribution in [0.4, 0.5) is 17.5 Å². The Hall–Kier alpha value is -2.39. The molecule has 1 aromatic heterocycles. The van der Waals surface area contributed by atoms with Crippen LogP contribution >= 0.6 is 11.6 Å². The van der Waals surface area contributed by atoms with Gasteiger partial charge in [-0.2, -0.15) is 4.98 Å². The highest BCUT2D eigenvalue weighted by Gasteiger charge is 2.50. The minimum atomic E-state index is -1.09. The van der Waals surface area contributed by atoms with Crippen LogP contribution in [0.2, 0.25) is 5.02 Å². The summed E-state index contributed by atoms with van der Waals surface area (Å²) in [5, 5.41) is 4.28. The van der Waals surface area contributed by atoms with Crippen molar-refractivity contribution in [2.24, 2.45) is 5.92 Å². The van der Waals surface area contributed by atoms with E-state index in [-0.39, 0.29) is 11.9 Å². The Balaban J connectivity index is 1.27. The van der Waals surface area contributed by atoms with Gasteiger partial charge in [0, 0.05) is 67.9 Å². The Morgan fingerprint density at radius 1 is 1.06 bits per heavy atom. The predicted molar refractivity (Wildman–Crippen MR) is 134 cm³/mol. The van der Waals surface area contributed by atoms with E-state index in [0.29, 0.717) is 49.0 Å². The Labute approximate surface area is 207 Å². The number of anilines is 3. The molecule has 3 unspecified atom stereocenters. The number of benzene rings is 1. The van der Waals surface area contributed by atoms with Crippen LogP contribution in [-0.4, -0.2) is 75.5 Å². The van der Waals surface area contributed by atoms with Gasteiger partial charge in [0.05, 0.1) is 28.6 Å². The number of hydrogen-bond donors (Lipinski definition) is 1. The van der Waals surface area contributed by atoms with Crippen molar-refractivity contribution in [2.45, 2.75) is 49.2 Å². The zero-order valence-corrected chi connectivity index (χ0v) is 21.0. The highest BCUT2D eigenvalue weighted by Crippen LogP contribution is 2.41. The first-order valence-corrected chi connectivity index (χ1v) is 13.7. The molecular weight excluding hydrogens is 472 g/mol. The lowest BCUT2D eigenvalue weighted by Crippen LogP contribution is -2.47. The molecule has 5 atom stereocenters. The number of carbonyl (C=O) groups excluding carboxylic acids is 1. The number of carbonyl (C=O) groups is 1. The van der Waals surface area contributed by atoms with Crippen LogP contribution in [0.5, 0.6) is 0 Å². The molecule has 6 rings (SSSR count). The Bertz CT molecular complexity index is 1160. The number of hydrogen-bond acceptors (Lipinski definition) is 7. The van der Waals surface area contributed by atoms with Crippen molar-refractivity contribution in [2.75, 3.05) is 47.6 Å². The van der Waals surface area contributed by atoms with Crippen molar-refractivity contribution < 1.29 is 9.00 Å². The third-order valence-corrected chi connectivity index (χ3v) is 9.55. The molecule has 0 aliphatic carbocycles. The monoisotopic (exact) mass is 500 g/mol. The Morgan fingerprint density at radius 3 is 2.50 bits per heavy atom. The third-order valence-electron chi connectivity index (χ3n) is 7.84. The van der Waals surface area contributed by atoms with Gasteiger partial charge in [-0.25, -0.2) is 4.98 Å². The molecule has 10 heteroatoms. The molecule has 2 bridgehead atoms. The van der Waals surface area contributed by atoms with Crippen molar-refractivity contribution >= 4 is 45.8 Å². The van der Waals surface area contributed by atoms with Crippen LogP contribution in [0, 0.1) is 5.92 Å². The van der Waals surface area contributed by atoms with Crippen molar-refractivity contribution in [3.05, 3.63) is 35.0 Å². The molecule has 0 spiro atoms. The standard InChI is InChI=1S/C24H29ClN6O2S/c1-14-19-13-31(20(14)12-30(19)17-6-3-15(25)4-7-17)24-27-18-9-10-34(33)22(18)23(28-24)26-16-5-8-21(32)29(2)11-16/h3-4,6-7,14,16,19-20H,5,8-13H2,1-2H3,(H,26,27,28)/t14-,16-,19?,20?,34?/m0/s1. The van der Waals surface area contributed by atoms with Gasteiger partial charge in [-0.15, -0.1) is 0 Å². The van der Waals surface area contributed by atoms with E-state index in [0.717, 1.165) is 41.1 Å². The predicted octanol–water partition coefficient (Wildman–Crippen LogP) is 2.54. The van der Waals surface area contributed by atoms with Gasteiger partial charge in [0.15, 0.2) is 0 Å². The number of fused-ring (bicyclic) bond motifs is 3. The van der Waals surface area contributed by atoms with Crippen LogP contribution in [0.3, 0.4) is 0 Å². The Kier molecular flexibility index (Phi) is 5.44. The van der Waals surface area contributed by atoms with Gasteiger partial charge in [-0.3, -0.25) is 9.00 Å². The highest BCUT2D eigenvalue weighted by atomic mass is 35.5. The normalized spacial score (nSPS) is 30.3.